The van der Waals surface area contributed by atoms with Crippen LogP contribution in [-0.4, -0.2) is 38.6 Å². The van der Waals surface area contributed by atoms with E-state index in [1.807, 2.05) is 31.2 Å². The highest BCUT2D eigenvalue weighted by atomic mass is 16.5. The van der Waals surface area contributed by atoms with Crippen molar-refractivity contribution in [3.8, 4) is 11.5 Å². The van der Waals surface area contributed by atoms with Gasteiger partial charge in [-0.3, -0.25) is 14.4 Å². The predicted molar refractivity (Wildman–Crippen MR) is 140 cm³/mol. The van der Waals surface area contributed by atoms with E-state index in [1.165, 1.54) is 0 Å². The lowest BCUT2D eigenvalue weighted by atomic mass is 9.83. The number of nitrogens with zero attached hydrogens (tertiary/aromatic N) is 1. The molecule has 1 fully saturated rings. The fourth-order valence-corrected chi connectivity index (χ4v) is 4.45. The van der Waals surface area contributed by atoms with Crippen LogP contribution >= 0.6 is 0 Å². The minimum absolute atomic E-state index is 0.104. The Labute approximate surface area is 216 Å². The smallest absolute Gasteiger partial charge is 0.311 e. The van der Waals surface area contributed by atoms with E-state index >= 15 is 0 Å². The minimum Gasteiger partial charge on any atom is -0.497 e. The van der Waals surface area contributed by atoms with Crippen LogP contribution in [0, 0.1) is 12.8 Å². The van der Waals surface area contributed by atoms with Gasteiger partial charge in [0.05, 0.1) is 26.2 Å². The Morgan fingerprint density at radius 1 is 0.892 bits per heavy atom. The molecule has 2 atom stereocenters. The lowest BCUT2D eigenvalue weighted by Gasteiger charge is -2.40. The molecule has 0 radical (unpaired) electrons. The van der Waals surface area contributed by atoms with Gasteiger partial charge in [0.25, 0.3) is 5.91 Å². The highest BCUT2D eigenvalue weighted by Gasteiger charge is 2.42. The molecule has 3 aromatic carbocycles. The summed E-state index contributed by atoms with van der Waals surface area (Å²) in [5.74, 6) is -0.422. The Morgan fingerprint density at radius 3 is 2.08 bits per heavy atom. The molecule has 8 heteroatoms. The highest BCUT2D eigenvalue weighted by Crippen LogP contribution is 2.41. The number of esters is 1. The van der Waals surface area contributed by atoms with Crippen molar-refractivity contribution in [1.29, 1.82) is 0 Å². The zero-order chi connectivity index (χ0) is 26.4. The standard InChI is InChI=1S/C29H30N2O6/c1-19-4-8-21(9-5-19)30-26(32)18-37-29(34)25-16-17-27(33)31(22-10-14-24(36-3)15-11-22)28(25)20-6-12-23(35-2)13-7-20/h4-15,25,28H,16-18H2,1-3H3,(H,30,32)/t25-,28+/m0/s1. The molecule has 1 saturated heterocycles. The summed E-state index contributed by atoms with van der Waals surface area (Å²) >= 11 is 0. The fourth-order valence-electron chi connectivity index (χ4n) is 4.45. The van der Waals surface area contributed by atoms with Crippen molar-refractivity contribution in [1.82, 2.24) is 0 Å². The molecule has 1 heterocycles. The van der Waals surface area contributed by atoms with Gasteiger partial charge in [-0.2, -0.15) is 0 Å². The van der Waals surface area contributed by atoms with Gasteiger partial charge < -0.3 is 24.4 Å². The summed E-state index contributed by atoms with van der Waals surface area (Å²) in [7, 11) is 3.15. The first-order valence-electron chi connectivity index (χ1n) is 12.0. The number of nitrogens with one attached hydrogen (secondary N) is 1. The number of benzene rings is 3. The van der Waals surface area contributed by atoms with E-state index in [0.717, 1.165) is 11.1 Å². The molecule has 4 rings (SSSR count). The summed E-state index contributed by atoms with van der Waals surface area (Å²) in [6.45, 7) is 1.53. The topological polar surface area (TPSA) is 94.2 Å². The molecule has 0 spiro atoms. The van der Waals surface area contributed by atoms with E-state index in [1.54, 1.807) is 67.7 Å². The summed E-state index contributed by atoms with van der Waals surface area (Å²) < 4.78 is 16.0. The van der Waals surface area contributed by atoms with Gasteiger partial charge in [0.15, 0.2) is 6.61 Å². The summed E-state index contributed by atoms with van der Waals surface area (Å²) in [5.41, 5.74) is 3.09. The maximum atomic E-state index is 13.3. The maximum Gasteiger partial charge on any atom is 0.311 e. The summed E-state index contributed by atoms with van der Waals surface area (Å²) in [5, 5.41) is 2.73. The summed E-state index contributed by atoms with van der Waals surface area (Å²) in [6, 6.07) is 21.1. The van der Waals surface area contributed by atoms with Crippen molar-refractivity contribution in [3.05, 3.63) is 83.9 Å². The average Bonchev–Trinajstić information content (AvgIpc) is 2.93. The molecule has 0 aromatic heterocycles. The third-order valence-corrected chi connectivity index (χ3v) is 6.39. The maximum absolute atomic E-state index is 13.3. The monoisotopic (exact) mass is 502 g/mol. The molecule has 1 N–H and O–H groups in total. The number of carbonyl (C=O) groups is 3. The number of aryl methyl sites for hydroxylation is 1. The number of anilines is 2. The van der Waals surface area contributed by atoms with E-state index in [0.29, 0.717) is 29.3 Å². The van der Waals surface area contributed by atoms with Gasteiger partial charge in [-0.15, -0.1) is 0 Å². The molecular formula is C29H30N2O6. The second kappa shape index (κ2) is 11.6. The van der Waals surface area contributed by atoms with Gasteiger partial charge in [0.2, 0.25) is 5.91 Å². The Bertz CT molecular complexity index is 1240. The van der Waals surface area contributed by atoms with E-state index in [-0.39, 0.29) is 12.3 Å². The molecule has 0 unspecified atom stereocenters. The predicted octanol–water partition coefficient (Wildman–Crippen LogP) is 4.68. The molecule has 2 amide bonds. The third-order valence-electron chi connectivity index (χ3n) is 6.39. The lowest BCUT2D eigenvalue weighted by Crippen LogP contribution is -2.46. The van der Waals surface area contributed by atoms with Crippen LogP contribution in [0.2, 0.25) is 0 Å². The number of hydrogen-bond acceptors (Lipinski definition) is 6. The molecule has 0 saturated carbocycles. The Balaban J connectivity index is 1.56. The number of methoxy groups -OCH3 is 2. The lowest BCUT2D eigenvalue weighted by molar-refractivity contribution is -0.153. The second-order valence-electron chi connectivity index (χ2n) is 8.85. The van der Waals surface area contributed by atoms with Gasteiger partial charge in [0, 0.05) is 17.8 Å². The number of ether oxygens (including phenoxy) is 3. The van der Waals surface area contributed by atoms with Crippen molar-refractivity contribution < 1.29 is 28.6 Å². The molecule has 192 valence electrons. The first-order chi connectivity index (χ1) is 17.9. The molecule has 3 aromatic rings. The average molecular weight is 503 g/mol. The molecule has 0 aliphatic carbocycles. The Morgan fingerprint density at radius 2 is 1.49 bits per heavy atom. The normalized spacial score (nSPS) is 17.2. The third kappa shape index (κ3) is 6.09. The molecular weight excluding hydrogens is 472 g/mol. The van der Waals surface area contributed by atoms with Gasteiger partial charge in [0.1, 0.15) is 11.5 Å². The van der Waals surface area contributed by atoms with Crippen molar-refractivity contribution in [3.63, 3.8) is 0 Å². The number of carbonyl (C=O) groups excluding carboxylic acids is 3. The van der Waals surface area contributed by atoms with Crippen LogP contribution in [0.4, 0.5) is 11.4 Å². The van der Waals surface area contributed by atoms with Crippen molar-refractivity contribution in [2.24, 2.45) is 5.92 Å². The number of hydrogen-bond donors (Lipinski definition) is 1. The number of piperidine rings is 1. The molecule has 8 nitrogen and oxygen atoms in total. The van der Waals surface area contributed by atoms with E-state index in [4.69, 9.17) is 14.2 Å². The largest absolute Gasteiger partial charge is 0.497 e. The SMILES string of the molecule is COc1ccc([C@@H]2[C@@H](C(=O)OCC(=O)Nc3ccc(C)cc3)CCC(=O)N2c2ccc(OC)cc2)cc1. The Kier molecular flexibility index (Phi) is 8.08. The Hall–Kier alpha value is -4.33. The number of amides is 2. The summed E-state index contributed by atoms with van der Waals surface area (Å²) in [4.78, 5) is 40.5. The summed E-state index contributed by atoms with van der Waals surface area (Å²) in [6.07, 6.45) is 0.481. The van der Waals surface area contributed by atoms with Crippen molar-refractivity contribution in [2.45, 2.75) is 25.8 Å². The van der Waals surface area contributed by atoms with Crippen LogP contribution in [0.3, 0.4) is 0 Å². The van der Waals surface area contributed by atoms with E-state index < -0.39 is 30.4 Å². The van der Waals surface area contributed by atoms with Crippen LogP contribution in [0.25, 0.3) is 0 Å². The zero-order valence-electron chi connectivity index (χ0n) is 21.1. The minimum atomic E-state index is -0.666. The van der Waals surface area contributed by atoms with Gasteiger partial charge in [-0.1, -0.05) is 29.8 Å². The second-order valence-corrected chi connectivity index (χ2v) is 8.85. The van der Waals surface area contributed by atoms with Crippen molar-refractivity contribution >= 4 is 29.2 Å². The highest BCUT2D eigenvalue weighted by molar-refractivity contribution is 5.97. The van der Waals surface area contributed by atoms with Crippen LogP contribution in [0.1, 0.15) is 30.0 Å². The van der Waals surface area contributed by atoms with Crippen molar-refractivity contribution in [2.75, 3.05) is 31.0 Å². The van der Waals surface area contributed by atoms with E-state index in [2.05, 4.69) is 5.32 Å². The van der Waals surface area contributed by atoms with Crippen LogP contribution in [-0.2, 0) is 19.1 Å². The van der Waals surface area contributed by atoms with Crippen LogP contribution in [0.15, 0.2) is 72.8 Å². The first kappa shape index (κ1) is 25.8. The zero-order valence-corrected chi connectivity index (χ0v) is 21.1. The number of rotatable bonds is 8. The van der Waals surface area contributed by atoms with Gasteiger partial charge >= 0.3 is 5.97 Å². The molecule has 37 heavy (non-hydrogen) atoms. The quantitative estimate of drug-likeness (QED) is 0.450. The van der Waals surface area contributed by atoms with Crippen LogP contribution < -0.4 is 19.7 Å². The van der Waals surface area contributed by atoms with E-state index in [9.17, 15) is 14.4 Å². The molecule has 0 bridgehead atoms. The first-order valence-corrected chi connectivity index (χ1v) is 12.0. The van der Waals surface area contributed by atoms with Crippen LogP contribution in [0.5, 0.6) is 11.5 Å². The van der Waals surface area contributed by atoms with Gasteiger partial charge in [-0.25, -0.2) is 0 Å². The molecule has 1 aliphatic heterocycles. The molecule has 1 aliphatic rings. The fraction of sp³-hybridized carbons (Fsp3) is 0.276. The van der Waals surface area contributed by atoms with Gasteiger partial charge in [-0.05, 0) is 67.4 Å².